The van der Waals surface area contributed by atoms with E-state index in [0.717, 1.165) is 4.68 Å². The Kier molecular flexibility index (Phi) is 1.89. The Morgan fingerprint density at radius 2 is 2.25 bits per heavy atom. The summed E-state index contributed by atoms with van der Waals surface area (Å²) in [5.41, 5.74) is 9.99. The van der Waals surface area contributed by atoms with E-state index in [9.17, 15) is 4.79 Å². The number of carbonyl (C=O) groups excluding carboxylic acids is 1. The van der Waals surface area contributed by atoms with E-state index < -0.39 is 5.54 Å². The maximum absolute atomic E-state index is 11.4. The summed E-state index contributed by atoms with van der Waals surface area (Å²) in [6.45, 7) is 3.24. The lowest BCUT2D eigenvalue weighted by atomic mass is 10.1. The summed E-state index contributed by atoms with van der Waals surface area (Å²) in [4.78, 5) is 11.4. The molecule has 0 radical (unpaired) electrons. The van der Waals surface area contributed by atoms with Crippen molar-refractivity contribution in [1.82, 2.24) is 9.78 Å². The minimum Gasteiger partial charge on any atom is -0.382 e. The molecule has 1 heterocycles. The molecule has 1 rings (SSSR count). The summed E-state index contributed by atoms with van der Waals surface area (Å²) in [5, 5.41) is 3.74. The Balaban J connectivity index is 2.93. The number of nitrogen functional groups attached to an aromatic ring is 1. The third kappa shape index (κ3) is 1.62. The van der Waals surface area contributed by atoms with Crippen LogP contribution >= 0.6 is 0 Å². The largest absolute Gasteiger partial charge is 0.382 e. The van der Waals surface area contributed by atoms with Crippen LogP contribution in [0.15, 0.2) is 12.3 Å². The standard InChI is InChI=1S/C7H12N4O/c1-7(2,9)6(12)11-4-3-5(8)10-11/h3-4H,9H2,1-2H3,(H2,8,10). The summed E-state index contributed by atoms with van der Waals surface area (Å²) >= 11 is 0. The fourth-order valence-electron chi connectivity index (χ4n) is 0.746. The van der Waals surface area contributed by atoms with E-state index >= 15 is 0 Å². The molecule has 5 nitrogen and oxygen atoms in total. The van der Waals surface area contributed by atoms with Crippen molar-refractivity contribution in [2.45, 2.75) is 19.4 Å². The second-order valence-electron chi connectivity index (χ2n) is 3.21. The van der Waals surface area contributed by atoms with Crippen LogP contribution in [0.5, 0.6) is 0 Å². The molecule has 0 aromatic carbocycles. The third-order valence-corrected chi connectivity index (χ3v) is 1.37. The van der Waals surface area contributed by atoms with Crippen LogP contribution < -0.4 is 11.5 Å². The van der Waals surface area contributed by atoms with Crippen LogP contribution in [0, 0.1) is 0 Å². The Bertz CT molecular complexity index is 297. The normalized spacial score (nSPS) is 11.6. The van der Waals surface area contributed by atoms with E-state index in [2.05, 4.69) is 5.10 Å². The zero-order chi connectivity index (χ0) is 9.35. The molecule has 0 saturated carbocycles. The molecule has 0 aliphatic rings. The van der Waals surface area contributed by atoms with Gasteiger partial charge in [0.15, 0.2) is 0 Å². The zero-order valence-electron chi connectivity index (χ0n) is 7.11. The molecule has 5 heteroatoms. The molecular weight excluding hydrogens is 156 g/mol. The van der Waals surface area contributed by atoms with Gasteiger partial charge in [-0.15, -0.1) is 5.10 Å². The van der Waals surface area contributed by atoms with Gasteiger partial charge >= 0.3 is 0 Å². The van der Waals surface area contributed by atoms with Gasteiger partial charge in [0.25, 0.3) is 5.91 Å². The summed E-state index contributed by atoms with van der Waals surface area (Å²) in [6.07, 6.45) is 1.49. The number of hydrogen-bond donors (Lipinski definition) is 2. The van der Waals surface area contributed by atoms with Crippen molar-refractivity contribution in [1.29, 1.82) is 0 Å². The molecule has 0 bridgehead atoms. The summed E-state index contributed by atoms with van der Waals surface area (Å²) in [7, 11) is 0. The van der Waals surface area contributed by atoms with Crippen LogP contribution in [0.1, 0.15) is 18.6 Å². The van der Waals surface area contributed by atoms with Crippen molar-refractivity contribution in [3.8, 4) is 0 Å². The predicted molar refractivity (Wildman–Crippen MR) is 45.5 cm³/mol. The van der Waals surface area contributed by atoms with Crippen molar-refractivity contribution < 1.29 is 4.79 Å². The van der Waals surface area contributed by atoms with Gasteiger partial charge in [0.1, 0.15) is 5.82 Å². The topological polar surface area (TPSA) is 86.9 Å². The molecule has 66 valence electrons. The van der Waals surface area contributed by atoms with Gasteiger partial charge in [-0.3, -0.25) is 4.79 Å². The molecule has 0 aliphatic carbocycles. The first-order valence-electron chi connectivity index (χ1n) is 3.56. The first-order valence-corrected chi connectivity index (χ1v) is 3.56. The fraction of sp³-hybridized carbons (Fsp3) is 0.429. The van der Waals surface area contributed by atoms with E-state index in [4.69, 9.17) is 11.5 Å². The van der Waals surface area contributed by atoms with Crippen molar-refractivity contribution >= 4 is 11.7 Å². The first kappa shape index (κ1) is 8.73. The number of nitrogens with two attached hydrogens (primary N) is 2. The molecule has 0 unspecified atom stereocenters. The van der Waals surface area contributed by atoms with Gasteiger partial charge in [0.2, 0.25) is 0 Å². The van der Waals surface area contributed by atoms with Gasteiger partial charge in [0, 0.05) is 12.3 Å². The maximum Gasteiger partial charge on any atom is 0.266 e. The van der Waals surface area contributed by atoms with Crippen molar-refractivity contribution in [3.05, 3.63) is 12.3 Å². The van der Waals surface area contributed by atoms with E-state index in [0.29, 0.717) is 5.82 Å². The number of anilines is 1. The number of nitrogens with zero attached hydrogens (tertiary/aromatic N) is 2. The highest BCUT2D eigenvalue weighted by atomic mass is 16.2. The lowest BCUT2D eigenvalue weighted by Crippen LogP contribution is -2.44. The molecule has 0 saturated heterocycles. The SMILES string of the molecule is CC(C)(N)C(=O)n1ccc(N)n1. The molecule has 0 fully saturated rings. The Labute approximate surface area is 70.3 Å². The van der Waals surface area contributed by atoms with Gasteiger partial charge < -0.3 is 11.5 Å². The molecule has 12 heavy (non-hydrogen) atoms. The van der Waals surface area contributed by atoms with Crippen LogP contribution in [-0.4, -0.2) is 21.2 Å². The Hall–Kier alpha value is -1.36. The smallest absolute Gasteiger partial charge is 0.266 e. The van der Waals surface area contributed by atoms with Crippen molar-refractivity contribution in [3.63, 3.8) is 0 Å². The van der Waals surface area contributed by atoms with Crippen LogP contribution in [0.4, 0.5) is 5.82 Å². The van der Waals surface area contributed by atoms with E-state index in [-0.39, 0.29) is 5.91 Å². The Morgan fingerprint density at radius 1 is 1.67 bits per heavy atom. The van der Waals surface area contributed by atoms with Gasteiger partial charge in [-0.2, -0.15) is 0 Å². The second-order valence-corrected chi connectivity index (χ2v) is 3.21. The number of rotatable bonds is 1. The van der Waals surface area contributed by atoms with Crippen LogP contribution in [-0.2, 0) is 0 Å². The summed E-state index contributed by atoms with van der Waals surface area (Å²) < 4.78 is 1.15. The molecular formula is C7H12N4O. The van der Waals surface area contributed by atoms with Crippen molar-refractivity contribution in [2.75, 3.05) is 5.73 Å². The highest BCUT2D eigenvalue weighted by Gasteiger charge is 2.24. The number of hydrogen-bond acceptors (Lipinski definition) is 4. The molecule has 4 N–H and O–H groups in total. The first-order chi connectivity index (χ1) is 5.41. The molecule has 0 aliphatic heterocycles. The van der Waals surface area contributed by atoms with Gasteiger partial charge in [-0.05, 0) is 13.8 Å². The highest BCUT2D eigenvalue weighted by Crippen LogP contribution is 2.03. The van der Waals surface area contributed by atoms with Gasteiger partial charge in [0.05, 0.1) is 5.54 Å². The minimum atomic E-state index is -0.918. The summed E-state index contributed by atoms with van der Waals surface area (Å²) in [5.74, 6) is 0.0341. The number of aromatic nitrogens is 2. The third-order valence-electron chi connectivity index (χ3n) is 1.37. The molecule has 0 spiro atoms. The van der Waals surface area contributed by atoms with Gasteiger partial charge in [-0.1, -0.05) is 0 Å². The van der Waals surface area contributed by atoms with E-state index in [1.165, 1.54) is 6.20 Å². The molecule has 1 aromatic heterocycles. The predicted octanol–water partition coefficient (Wildman–Crippen LogP) is -0.157. The second kappa shape index (κ2) is 2.60. The Morgan fingerprint density at radius 3 is 2.58 bits per heavy atom. The van der Waals surface area contributed by atoms with Gasteiger partial charge in [-0.25, -0.2) is 4.68 Å². The van der Waals surface area contributed by atoms with Crippen LogP contribution in [0.25, 0.3) is 0 Å². The lowest BCUT2D eigenvalue weighted by Gasteiger charge is -2.15. The zero-order valence-corrected chi connectivity index (χ0v) is 7.11. The lowest BCUT2D eigenvalue weighted by molar-refractivity contribution is 0.0810. The fourth-order valence-corrected chi connectivity index (χ4v) is 0.746. The molecule has 0 atom stereocenters. The average molecular weight is 168 g/mol. The summed E-state index contributed by atoms with van der Waals surface area (Å²) in [6, 6.07) is 1.55. The highest BCUT2D eigenvalue weighted by molar-refractivity contribution is 5.86. The van der Waals surface area contributed by atoms with E-state index in [1.807, 2.05) is 0 Å². The average Bonchev–Trinajstić information content (AvgIpc) is 2.32. The van der Waals surface area contributed by atoms with E-state index in [1.54, 1.807) is 19.9 Å². The molecule has 0 amide bonds. The molecule has 1 aromatic rings. The quantitative estimate of drug-likeness (QED) is 0.610. The minimum absolute atomic E-state index is 0.279. The van der Waals surface area contributed by atoms with Crippen LogP contribution in [0.2, 0.25) is 0 Å². The maximum atomic E-state index is 11.4. The number of carbonyl (C=O) groups is 1. The monoisotopic (exact) mass is 168 g/mol. The van der Waals surface area contributed by atoms with Crippen LogP contribution in [0.3, 0.4) is 0 Å². The van der Waals surface area contributed by atoms with Crippen molar-refractivity contribution in [2.24, 2.45) is 5.73 Å².